The van der Waals surface area contributed by atoms with Gasteiger partial charge in [0.1, 0.15) is 0 Å². The molecule has 3 rings (SSSR count). The van der Waals surface area contributed by atoms with Gasteiger partial charge in [-0.1, -0.05) is 24.3 Å². The first-order chi connectivity index (χ1) is 9.69. The molecular weight excluding hydrogens is 262 g/mol. The number of hydrazine groups is 1. The van der Waals surface area contributed by atoms with E-state index < -0.39 is 17.7 Å². The van der Waals surface area contributed by atoms with Crippen molar-refractivity contribution in [3.8, 4) is 0 Å². The van der Waals surface area contributed by atoms with Crippen molar-refractivity contribution in [1.29, 1.82) is 0 Å². The number of hydrogen-bond acceptors (Lipinski definition) is 3. The largest absolute Gasteiger partial charge is 0.372 e. The van der Waals surface area contributed by atoms with E-state index >= 15 is 0 Å². The third-order valence-corrected chi connectivity index (χ3v) is 3.52. The van der Waals surface area contributed by atoms with Crippen LogP contribution in [0.2, 0.25) is 0 Å². The Hall–Kier alpha value is -1.82. The van der Waals surface area contributed by atoms with Crippen molar-refractivity contribution in [2.45, 2.75) is 19.3 Å². The van der Waals surface area contributed by atoms with Crippen molar-refractivity contribution < 1.29 is 13.5 Å². The highest BCUT2D eigenvalue weighted by Crippen LogP contribution is 2.27. The Bertz CT molecular complexity index is 646. The van der Waals surface area contributed by atoms with Crippen molar-refractivity contribution in [3.63, 3.8) is 0 Å². The molecule has 0 saturated carbocycles. The molecule has 1 aliphatic rings. The lowest BCUT2D eigenvalue weighted by molar-refractivity contribution is 0.134. The van der Waals surface area contributed by atoms with Crippen LogP contribution in [-0.4, -0.2) is 0 Å². The Morgan fingerprint density at radius 2 is 1.65 bits per heavy atom. The quantitative estimate of drug-likeness (QED) is 0.669. The van der Waals surface area contributed by atoms with Crippen molar-refractivity contribution in [2.24, 2.45) is 5.84 Å². The minimum atomic E-state index is -0.882. The van der Waals surface area contributed by atoms with E-state index in [0.717, 1.165) is 28.8 Å². The zero-order valence-corrected chi connectivity index (χ0v) is 10.7. The van der Waals surface area contributed by atoms with Gasteiger partial charge < -0.3 is 4.74 Å². The molecule has 0 bridgehead atoms. The first kappa shape index (κ1) is 13.2. The van der Waals surface area contributed by atoms with E-state index in [2.05, 4.69) is 5.43 Å². The second-order valence-electron chi connectivity index (χ2n) is 4.79. The summed E-state index contributed by atoms with van der Waals surface area (Å²) in [4.78, 5) is 0. The topological polar surface area (TPSA) is 47.3 Å². The van der Waals surface area contributed by atoms with Gasteiger partial charge >= 0.3 is 0 Å². The van der Waals surface area contributed by atoms with Crippen LogP contribution in [0.15, 0.2) is 36.4 Å². The Morgan fingerprint density at radius 1 is 0.950 bits per heavy atom. The van der Waals surface area contributed by atoms with Gasteiger partial charge in [0.25, 0.3) is 0 Å². The SMILES string of the molecule is NNC(c1ccc(F)c(F)c1)c1ccc2c(c1)COC2. The van der Waals surface area contributed by atoms with Crippen molar-refractivity contribution in [3.05, 3.63) is 70.3 Å². The van der Waals surface area contributed by atoms with Crippen molar-refractivity contribution in [2.75, 3.05) is 0 Å². The average Bonchev–Trinajstić information content (AvgIpc) is 2.91. The summed E-state index contributed by atoms with van der Waals surface area (Å²) in [6.07, 6.45) is 0. The fourth-order valence-corrected chi connectivity index (χ4v) is 2.45. The molecule has 1 atom stereocenters. The van der Waals surface area contributed by atoms with E-state index in [4.69, 9.17) is 10.6 Å². The van der Waals surface area contributed by atoms with Crippen LogP contribution >= 0.6 is 0 Å². The summed E-state index contributed by atoms with van der Waals surface area (Å²) in [5, 5.41) is 0. The molecule has 2 aromatic rings. The third-order valence-electron chi connectivity index (χ3n) is 3.52. The summed E-state index contributed by atoms with van der Waals surface area (Å²) >= 11 is 0. The second-order valence-corrected chi connectivity index (χ2v) is 4.79. The van der Waals surface area contributed by atoms with E-state index in [0.29, 0.717) is 18.8 Å². The number of ether oxygens (including phenoxy) is 1. The molecule has 0 amide bonds. The van der Waals surface area contributed by atoms with Gasteiger partial charge in [-0.15, -0.1) is 0 Å². The number of nitrogens with one attached hydrogen (secondary N) is 1. The lowest BCUT2D eigenvalue weighted by atomic mass is 9.96. The molecule has 0 radical (unpaired) electrons. The summed E-state index contributed by atoms with van der Waals surface area (Å²) in [6, 6.07) is 9.26. The fraction of sp³-hybridized carbons (Fsp3) is 0.200. The molecule has 0 aliphatic carbocycles. The first-order valence-electron chi connectivity index (χ1n) is 6.29. The number of rotatable bonds is 3. The molecule has 0 aromatic heterocycles. The molecule has 1 aliphatic heterocycles. The lowest BCUT2D eigenvalue weighted by Gasteiger charge is -2.18. The minimum Gasteiger partial charge on any atom is -0.372 e. The molecule has 3 nitrogen and oxygen atoms in total. The van der Waals surface area contributed by atoms with Gasteiger partial charge in [-0.25, -0.2) is 14.2 Å². The van der Waals surface area contributed by atoms with E-state index in [-0.39, 0.29) is 0 Å². The molecular formula is C15H14F2N2O. The van der Waals surface area contributed by atoms with Crippen LogP contribution in [0.1, 0.15) is 28.3 Å². The smallest absolute Gasteiger partial charge is 0.159 e. The van der Waals surface area contributed by atoms with Crippen LogP contribution in [0.4, 0.5) is 8.78 Å². The second kappa shape index (κ2) is 5.28. The van der Waals surface area contributed by atoms with E-state index in [9.17, 15) is 8.78 Å². The number of benzene rings is 2. The highest BCUT2D eigenvalue weighted by molar-refractivity contribution is 5.39. The van der Waals surface area contributed by atoms with Gasteiger partial charge in [0.05, 0.1) is 19.3 Å². The molecule has 3 N–H and O–H groups in total. The van der Waals surface area contributed by atoms with Crippen LogP contribution < -0.4 is 11.3 Å². The van der Waals surface area contributed by atoms with Crippen LogP contribution in [0.5, 0.6) is 0 Å². The zero-order chi connectivity index (χ0) is 14.1. The molecule has 0 spiro atoms. The Balaban J connectivity index is 1.98. The lowest BCUT2D eigenvalue weighted by Crippen LogP contribution is -2.29. The Kier molecular flexibility index (Phi) is 3.48. The highest BCUT2D eigenvalue weighted by Gasteiger charge is 2.18. The van der Waals surface area contributed by atoms with Crippen LogP contribution in [0.3, 0.4) is 0 Å². The minimum absolute atomic E-state index is 0.393. The Morgan fingerprint density at radius 3 is 2.40 bits per heavy atom. The fourth-order valence-electron chi connectivity index (χ4n) is 2.45. The zero-order valence-electron chi connectivity index (χ0n) is 10.7. The number of halogens is 2. The molecule has 0 fully saturated rings. The monoisotopic (exact) mass is 276 g/mol. The normalized spacial score (nSPS) is 15.2. The first-order valence-corrected chi connectivity index (χ1v) is 6.29. The standard InChI is InChI=1S/C15H14F2N2O/c16-13-4-3-10(6-14(13)17)15(19-18)9-1-2-11-7-20-8-12(11)5-9/h1-6,15,19H,7-8,18H2. The molecule has 5 heteroatoms. The third kappa shape index (κ3) is 2.31. The maximum Gasteiger partial charge on any atom is 0.159 e. The Labute approximate surface area is 115 Å². The maximum absolute atomic E-state index is 13.3. The van der Waals surface area contributed by atoms with E-state index in [1.54, 1.807) is 0 Å². The van der Waals surface area contributed by atoms with Gasteiger partial charge in [0, 0.05) is 0 Å². The molecule has 1 heterocycles. The summed E-state index contributed by atoms with van der Waals surface area (Å²) in [7, 11) is 0. The summed E-state index contributed by atoms with van der Waals surface area (Å²) in [6.45, 7) is 1.18. The predicted molar refractivity (Wildman–Crippen MR) is 70.5 cm³/mol. The average molecular weight is 276 g/mol. The number of fused-ring (bicyclic) bond motifs is 1. The van der Waals surface area contributed by atoms with E-state index in [1.807, 2.05) is 18.2 Å². The van der Waals surface area contributed by atoms with Gasteiger partial charge in [-0.05, 0) is 34.4 Å². The van der Waals surface area contributed by atoms with Crippen LogP contribution in [-0.2, 0) is 18.0 Å². The summed E-state index contributed by atoms with van der Waals surface area (Å²) in [5.74, 6) is 3.82. The van der Waals surface area contributed by atoms with Crippen LogP contribution in [0.25, 0.3) is 0 Å². The van der Waals surface area contributed by atoms with Gasteiger partial charge in [0.2, 0.25) is 0 Å². The molecule has 20 heavy (non-hydrogen) atoms. The van der Waals surface area contributed by atoms with Gasteiger partial charge in [-0.3, -0.25) is 5.84 Å². The van der Waals surface area contributed by atoms with Gasteiger partial charge in [0.15, 0.2) is 11.6 Å². The van der Waals surface area contributed by atoms with Crippen molar-refractivity contribution >= 4 is 0 Å². The molecule has 1 unspecified atom stereocenters. The molecule has 2 aromatic carbocycles. The van der Waals surface area contributed by atoms with Gasteiger partial charge in [-0.2, -0.15) is 0 Å². The molecule has 104 valence electrons. The van der Waals surface area contributed by atoms with Crippen LogP contribution in [0, 0.1) is 11.6 Å². The van der Waals surface area contributed by atoms with E-state index in [1.165, 1.54) is 6.07 Å². The maximum atomic E-state index is 13.3. The number of nitrogens with two attached hydrogens (primary N) is 1. The predicted octanol–water partition coefficient (Wildman–Crippen LogP) is 2.55. The summed E-state index contributed by atoms with van der Waals surface area (Å²) < 4.78 is 31.7. The molecule has 0 saturated heterocycles. The summed E-state index contributed by atoms with van der Waals surface area (Å²) in [5.41, 5.74) is 6.36. The number of hydrogen-bond donors (Lipinski definition) is 2. The van der Waals surface area contributed by atoms with Crippen molar-refractivity contribution in [1.82, 2.24) is 5.43 Å². The highest BCUT2D eigenvalue weighted by atomic mass is 19.2.